The largest absolute Gasteiger partial charge is 0.452 e. The standard InChI is InChI=1S/C25H25NO3/c1-16-9-11-20(12-10-16)21-7-5-6-8-22(21)25(28)29-15-23(27)26-24-18(3)13-17(2)14-19(24)4/h5-14H,15H2,1-4H3,(H,26,27). The Kier molecular flexibility index (Phi) is 6.13. The lowest BCUT2D eigenvalue weighted by Crippen LogP contribution is -2.22. The van der Waals surface area contributed by atoms with Crippen LogP contribution in [0.5, 0.6) is 0 Å². The van der Waals surface area contributed by atoms with Crippen molar-refractivity contribution in [1.82, 2.24) is 0 Å². The van der Waals surface area contributed by atoms with Crippen molar-refractivity contribution in [2.75, 3.05) is 11.9 Å². The second kappa shape index (κ2) is 8.74. The second-order valence-corrected chi connectivity index (χ2v) is 7.31. The van der Waals surface area contributed by atoms with E-state index >= 15 is 0 Å². The number of carbonyl (C=O) groups excluding carboxylic acids is 2. The number of esters is 1. The number of benzene rings is 3. The predicted molar refractivity (Wildman–Crippen MR) is 116 cm³/mol. The Bertz CT molecular complexity index is 1030. The molecule has 0 atom stereocenters. The van der Waals surface area contributed by atoms with E-state index in [-0.39, 0.29) is 12.5 Å². The fourth-order valence-corrected chi connectivity index (χ4v) is 3.41. The smallest absolute Gasteiger partial charge is 0.339 e. The summed E-state index contributed by atoms with van der Waals surface area (Å²) in [5.74, 6) is -0.880. The first-order chi connectivity index (χ1) is 13.8. The molecule has 0 bridgehead atoms. The first kappa shape index (κ1) is 20.3. The summed E-state index contributed by atoms with van der Waals surface area (Å²) in [6.45, 7) is 7.58. The van der Waals surface area contributed by atoms with Crippen LogP contribution in [0.1, 0.15) is 32.6 Å². The van der Waals surface area contributed by atoms with E-state index in [1.54, 1.807) is 12.1 Å². The lowest BCUT2D eigenvalue weighted by Gasteiger charge is -2.13. The first-order valence-corrected chi connectivity index (χ1v) is 9.56. The molecule has 0 aliphatic heterocycles. The molecule has 0 saturated carbocycles. The van der Waals surface area contributed by atoms with Gasteiger partial charge in [-0.2, -0.15) is 0 Å². The van der Waals surface area contributed by atoms with Crippen molar-refractivity contribution in [3.8, 4) is 11.1 Å². The number of ether oxygens (including phenoxy) is 1. The molecule has 1 amide bonds. The van der Waals surface area contributed by atoms with Gasteiger partial charge in [-0.15, -0.1) is 0 Å². The topological polar surface area (TPSA) is 55.4 Å². The average molecular weight is 387 g/mol. The number of anilines is 1. The van der Waals surface area contributed by atoms with Crippen LogP contribution < -0.4 is 5.32 Å². The molecular weight excluding hydrogens is 362 g/mol. The lowest BCUT2D eigenvalue weighted by atomic mass is 9.99. The third kappa shape index (κ3) is 4.91. The van der Waals surface area contributed by atoms with Crippen molar-refractivity contribution < 1.29 is 14.3 Å². The zero-order chi connectivity index (χ0) is 21.0. The molecule has 0 radical (unpaired) electrons. The molecule has 0 unspecified atom stereocenters. The Morgan fingerprint density at radius 2 is 1.45 bits per heavy atom. The molecule has 3 rings (SSSR count). The van der Waals surface area contributed by atoms with E-state index in [4.69, 9.17) is 4.74 Å². The maximum absolute atomic E-state index is 12.6. The summed E-state index contributed by atoms with van der Waals surface area (Å²) >= 11 is 0. The Hall–Kier alpha value is -3.40. The predicted octanol–water partition coefficient (Wildman–Crippen LogP) is 5.38. The van der Waals surface area contributed by atoms with Gasteiger partial charge >= 0.3 is 5.97 Å². The van der Waals surface area contributed by atoms with Crippen LogP contribution in [0, 0.1) is 27.7 Å². The molecule has 148 valence electrons. The van der Waals surface area contributed by atoms with Crippen molar-refractivity contribution in [3.63, 3.8) is 0 Å². The number of hydrogen-bond acceptors (Lipinski definition) is 3. The molecule has 0 aliphatic rings. The molecule has 0 spiro atoms. The molecule has 4 heteroatoms. The van der Waals surface area contributed by atoms with Gasteiger partial charge in [-0.3, -0.25) is 4.79 Å². The molecule has 3 aromatic rings. The Labute approximate surface area is 171 Å². The quantitative estimate of drug-likeness (QED) is 0.598. The van der Waals surface area contributed by atoms with Crippen molar-refractivity contribution in [2.45, 2.75) is 27.7 Å². The maximum Gasteiger partial charge on any atom is 0.339 e. The molecule has 3 aromatic carbocycles. The summed E-state index contributed by atoms with van der Waals surface area (Å²) in [5, 5.41) is 2.85. The summed E-state index contributed by atoms with van der Waals surface area (Å²) in [4.78, 5) is 25.0. The van der Waals surface area contributed by atoms with Crippen LogP contribution in [0.4, 0.5) is 5.69 Å². The van der Waals surface area contributed by atoms with E-state index in [0.29, 0.717) is 5.56 Å². The van der Waals surface area contributed by atoms with Gasteiger partial charge in [-0.1, -0.05) is 65.7 Å². The fraction of sp³-hybridized carbons (Fsp3) is 0.200. The van der Waals surface area contributed by atoms with E-state index < -0.39 is 5.97 Å². The fourth-order valence-electron chi connectivity index (χ4n) is 3.41. The van der Waals surface area contributed by atoms with E-state index in [2.05, 4.69) is 5.32 Å². The molecule has 4 nitrogen and oxygen atoms in total. The highest BCUT2D eigenvalue weighted by Gasteiger charge is 2.16. The highest BCUT2D eigenvalue weighted by Crippen LogP contribution is 2.25. The van der Waals surface area contributed by atoms with Crippen LogP contribution in [0.3, 0.4) is 0 Å². The zero-order valence-corrected chi connectivity index (χ0v) is 17.2. The zero-order valence-electron chi connectivity index (χ0n) is 17.2. The Morgan fingerprint density at radius 3 is 2.10 bits per heavy atom. The monoisotopic (exact) mass is 387 g/mol. The van der Waals surface area contributed by atoms with Crippen LogP contribution in [0.25, 0.3) is 11.1 Å². The average Bonchev–Trinajstić information content (AvgIpc) is 2.69. The molecular formula is C25H25NO3. The van der Waals surface area contributed by atoms with Gasteiger partial charge < -0.3 is 10.1 Å². The van der Waals surface area contributed by atoms with Crippen molar-refractivity contribution in [1.29, 1.82) is 0 Å². The molecule has 0 fully saturated rings. The Balaban J connectivity index is 1.70. The van der Waals surface area contributed by atoms with Gasteiger partial charge in [0.2, 0.25) is 0 Å². The normalized spacial score (nSPS) is 10.5. The molecule has 0 aromatic heterocycles. The SMILES string of the molecule is Cc1ccc(-c2ccccc2C(=O)OCC(=O)Nc2c(C)cc(C)cc2C)cc1. The first-order valence-electron chi connectivity index (χ1n) is 9.56. The van der Waals surface area contributed by atoms with E-state index in [0.717, 1.165) is 39.1 Å². The van der Waals surface area contributed by atoms with Crippen molar-refractivity contribution in [2.24, 2.45) is 0 Å². The summed E-state index contributed by atoms with van der Waals surface area (Å²) < 4.78 is 5.30. The van der Waals surface area contributed by atoms with E-state index in [9.17, 15) is 9.59 Å². The number of nitrogens with one attached hydrogen (secondary N) is 1. The highest BCUT2D eigenvalue weighted by molar-refractivity contribution is 6.00. The van der Waals surface area contributed by atoms with Gasteiger partial charge in [-0.05, 0) is 56.0 Å². The van der Waals surface area contributed by atoms with Gasteiger partial charge in [0.05, 0.1) is 5.56 Å². The van der Waals surface area contributed by atoms with Crippen LogP contribution in [-0.4, -0.2) is 18.5 Å². The van der Waals surface area contributed by atoms with Gasteiger partial charge in [0.1, 0.15) is 0 Å². The van der Waals surface area contributed by atoms with Gasteiger partial charge in [0.15, 0.2) is 6.61 Å². The van der Waals surface area contributed by atoms with E-state index in [1.807, 2.05) is 76.2 Å². The minimum Gasteiger partial charge on any atom is -0.452 e. The summed E-state index contributed by atoms with van der Waals surface area (Å²) in [6.07, 6.45) is 0. The van der Waals surface area contributed by atoms with Crippen LogP contribution in [-0.2, 0) is 9.53 Å². The number of hydrogen-bond donors (Lipinski definition) is 1. The van der Waals surface area contributed by atoms with E-state index in [1.165, 1.54) is 0 Å². The molecule has 29 heavy (non-hydrogen) atoms. The van der Waals surface area contributed by atoms with Crippen LogP contribution in [0.15, 0.2) is 60.7 Å². The third-order valence-electron chi connectivity index (χ3n) is 4.79. The second-order valence-electron chi connectivity index (χ2n) is 7.31. The van der Waals surface area contributed by atoms with Gasteiger partial charge in [0, 0.05) is 5.69 Å². The number of carbonyl (C=O) groups is 2. The van der Waals surface area contributed by atoms with Gasteiger partial charge in [-0.25, -0.2) is 4.79 Å². The Morgan fingerprint density at radius 1 is 0.828 bits per heavy atom. The molecule has 0 aliphatic carbocycles. The summed E-state index contributed by atoms with van der Waals surface area (Å²) in [6, 6.07) is 19.2. The lowest BCUT2D eigenvalue weighted by molar-refractivity contribution is -0.119. The third-order valence-corrected chi connectivity index (χ3v) is 4.79. The number of amides is 1. The minimum atomic E-state index is -0.520. The molecule has 1 N–H and O–H groups in total. The van der Waals surface area contributed by atoms with Crippen LogP contribution in [0.2, 0.25) is 0 Å². The van der Waals surface area contributed by atoms with Gasteiger partial charge in [0.25, 0.3) is 5.91 Å². The van der Waals surface area contributed by atoms with Crippen LogP contribution >= 0.6 is 0 Å². The number of rotatable bonds is 5. The molecule has 0 saturated heterocycles. The van der Waals surface area contributed by atoms with Crippen molar-refractivity contribution >= 4 is 17.6 Å². The highest BCUT2D eigenvalue weighted by atomic mass is 16.5. The molecule has 0 heterocycles. The number of aryl methyl sites for hydroxylation is 4. The summed E-state index contributed by atoms with van der Waals surface area (Å²) in [7, 11) is 0. The maximum atomic E-state index is 12.6. The summed E-state index contributed by atoms with van der Waals surface area (Å²) in [5.41, 5.74) is 7.15. The van der Waals surface area contributed by atoms with Crippen molar-refractivity contribution in [3.05, 3.63) is 88.5 Å². The minimum absolute atomic E-state index is 0.339.